The lowest BCUT2D eigenvalue weighted by Gasteiger charge is -2.19. The van der Waals surface area contributed by atoms with Crippen molar-refractivity contribution in [1.29, 1.82) is 0 Å². The summed E-state index contributed by atoms with van der Waals surface area (Å²) in [6, 6.07) is 15.7. The van der Waals surface area contributed by atoms with E-state index in [0.717, 1.165) is 31.7 Å². The molecule has 2 aromatic carbocycles. The molecule has 5 heteroatoms. The van der Waals surface area contributed by atoms with E-state index in [0.29, 0.717) is 0 Å². The maximum Gasteiger partial charge on any atom is 0.121 e. The first-order valence-electron chi connectivity index (χ1n) is 11.6. The second-order valence-corrected chi connectivity index (χ2v) is 9.51. The quantitative estimate of drug-likeness (QED) is 0.360. The molecule has 0 atom stereocenters. The van der Waals surface area contributed by atoms with E-state index < -0.39 is 0 Å². The zero-order valence-corrected chi connectivity index (χ0v) is 20.3. The molecule has 1 aliphatic rings. The van der Waals surface area contributed by atoms with Gasteiger partial charge in [-0.3, -0.25) is 0 Å². The number of benzene rings is 2. The van der Waals surface area contributed by atoms with Crippen LogP contribution in [0.1, 0.15) is 40.0 Å². The summed E-state index contributed by atoms with van der Waals surface area (Å²) >= 11 is 1.93. The molecule has 0 spiro atoms. The van der Waals surface area contributed by atoms with Crippen LogP contribution in [-0.2, 0) is 6.54 Å². The average Bonchev–Trinajstić information content (AvgIpc) is 3.43. The lowest BCUT2D eigenvalue weighted by Crippen LogP contribution is -2.13. The average molecular weight is 438 g/mol. The standard InChI is InChI=1S/C26H35N3OS/c1-6-21(7-2)30-22-14-15-23-24(18-22)28(8-3)25(26(23)27(4)5)19-10-12-20(13-11-19)29-16-9-17-31-29/h10-15,18,21H,6-9,16-17H2,1-5H3. The molecule has 0 unspecified atom stereocenters. The molecule has 4 nitrogen and oxygen atoms in total. The predicted molar refractivity (Wildman–Crippen MR) is 137 cm³/mol. The largest absolute Gasteiger partial charge is 0.490 e. The number of fused-ring (bicyclic) bond motifs is 1. The summed E-state index contributed by atoms with van der Waals surface area (Å²) in [6.45, 7) is 8.66. The fraction of sp³-hybridized carbons (Fsp3) is 0.462. The molecule has 166 valence electrons. The molecule has 1 aromatic heterocycles. The summed E-state index contributed by atoms with van der Waals surface area (Å²) < 4.78 is 11.1. The van der Waals surface area contributed by atoms with Crippen LogP contribution in [0.5, 0.6) is 5.75 Å². The van der Waals surface area contributed by atoms with Crippen molar-refractivity contribution in [2.24, 2.45) is 0 Å². The van der Waals surface area contributed by atoms with E-state index in [9.17, 15) is 0 Å². The highest BCUT2D eigenvalue weighted by atomic mass is 32.2. The van der Waals surface area contributed by atoms with Gasteiger partial charge in [0.25, 0.3) is 0 Å². The molecule has 0 amide bonds. The molecule has 31 heavy (non-hydrogen) atoms. The monoisotopic (exact) mass is 437 g/mol. The van der Waals surface area contributed by atoms with Crippen LogP contribution in [0.15, 0.2) is 42.5 Å². The van der Waals surface area contributed by atoms with E-state index in [1.54, 1.807) is 0 Å². The molecule has 1 fully saturated rings. The SMILES string of the molecule is CCC(CC)Oc1ccc2c(N(C)C)c(-c3ccc(N4CCCS4)cc3)n(CC)c2c1. The predicted octanol–water partition coefficient (Wildman–Crippen LogP) is 6.82. The Labute approximate surface area is 191 Å². The van der Waals surface area contributed by atoms with E-state index in [4.69, 9.17) is 4.74 Å². The third kappa shape index (κ3) is 4.25. The Bertz CT molecular complexity index is 1020. The summed E-state index contributed by atoms with van der Waals surface area (Å²) in [5.41, 5.74) is 6.36. The van der Waals surface area contributed by atoms with Crippen molar-refractivity contribution in [3.05, 3.63) is 42.5 Å². The van der Waals surface area contributed by atoms with Crippen LogP contribution < -0.4 is 13.9 Å². The first kappa shape index (κ1) is 21.9. The van der Waals surface area contributed by atoms with Gasteiger partial charge in [0.05, 0.1) is 23.0 Å². The Morgan fingerprint density at radius 1 is 1.03 bits per heavy atom. The Morgan fingerprint density at radius 3 is 2.35 bits per heavy atom. The molecule has 0 bridgehead atoms. The highest BCUT2D eigenvalue weighted by Gasteiger charge is 2.21. The summed E-state index contributed by atoms with van der Waals surface area (Å²) in [7, 11) is 4.28. The van der Waals surface area contributed by atoms with Crippen LogP contribution in [0.25, 0.3) is 22.2 Å². The van der Waals surface area contributed by atoms with E-state index in [1.165, 1.54) is 45.7 Å². The summed E-state index contributed by atoms with van der Waals surface area (Å²) in [4.78, 5) is 2.25. The van der Waals surface area contributed by atoms with Gasteiger partial charge in [-0.25, -0.2) is 0 Å². The van der Waals surface area contributed by atoms with Crippen molar-refractivity contribution in [2.75, 3.05) is 35.6 Å². The summed E-state index contributed by atoms with van der Waals surface area (Å²) in [5.74, 6) is 2.18. The van der Waals surface area contributed by atoms with Gasteiger partial charge >= 0.3 is 0 Å². The molecule has 0 saturated carbocycles. The maximum absolute atomic E-state index is 6.27. The minimum absolute atomic E-state index is 0.270. The maximum atomic E-state index is 6.27. The number of hydrogen-bond donors (Lipinski definition) is 0. The highest BCUT2D eigenvalue weighted by molar-refractivity contribution is 8.00. The minimum Gasteiger partial charge on any atom is -0.490 e. The number of ether oxygens (including phenoxy) is 1. The third-order valence-corrected chi connectivity index (χ3v) is 7.34. The molecule has 2 heterocycles. The van der Waals surface area contributed by atoms with Gasteiger partial charge in [0.15, 0.2) is 0 Å². The topological polar surface area (TPSA) is 20.6 Å². The number of rotatable bonds is 8. The smallest absolute Gasteiger partial charge is 0.121 e. The van der Waals surface area contributed by atoms with Crippen LogP contribution in [0.2, 0.25) is 0 Å². The van der Waals surface area contributed by atoms with Gasteiger partial charge in [0, 0.05) is 55.6 Å². The molecule has 3 aromatic rings. The molecular weight excluding hydrogens is 402 g/mol. The van der Waals surface area contributed by atoms with E-state index in [-0.39, 0.29) is 6.10 Å². The van der Waals surface area contributed by atoms with Crippen LogP contribution in [0.4, 0.5) is 11.4 Å². The lowest BCUT2D eigenvalue weighted by atomic mass is 10.1. The van der Waals surface area contributed by atoms with E-state index >= 15 is 0 Å². The second-order valence-electron chi connectivity index (χ2n) is 8.41. The number of hydrogen-bond acceptors (Lipinski definition) is 4. The van der Waals surface area contributed by atoms with Crippen molar-refractivity contribution in [2.45, 2.75) is 52.7 Å². The Balaban J connectivity index is 1.80. The normalized spacial score (nSPS) is 14.1. The molecule has 4 rings (SSSR count). The fourth-order valence-electron chi connectivity index (χ4n) is 4.54. The van der Waals surface area contributed by atoms with Crippen molar-refractivity contribution < 1.29 is 4.74 Å². The van der Waals surface area contributed by atoms with Crippen molar-refractivity contribution in [3.8, 4) is 17.0 Å². The minimum atomic E-state index is 0.270. The first-order chi connectivity index (χ1) is 15.1. The van der Waals surface area contributed by atoms with Crippen LogP contribution in [-0.4, -0.2) is 37.1 Å². The van der Waals surface area contributed by atoms with E-state index in [2.05, 4.69) is 91.1 Å². The molecular formula is C26H35N3OS. The summed E-state index contributed by atoms with van der Waals surface area (Å²) in [6.07, 6.45) is 3.59. The lowest BCUT2D eigenvalue weighted by molar-refractivity contribution is 0.193. The van der Waals surface area contributed by atoms with Gasteiger partial charge in [-0.1, -0.05) is 26.0 Å². The molecule has 1 aliphatic heterocycles. The summed E-state index contributed by atoms with van der Waals surface area (Å²) in [5, 5.41) is 1.28. The fourth-order valence-corrected chi connectivity index (χ4v) is 5.55. The van der Waals surface area contributed by atoms with Crippen LogP contribution >= 0.6 is 11.9 Å². The number of anilines is 2. The van der Waals surface area contributed by atoms with Crippen molar-refractivity contribution in [1.82, 2.24) is 4.57 Å². The number of aryl methyl sites for hydroxylation is 1. The van der Waals surface area contributed by atoms with Gasteiger partial charge in [-0.15, -0.1) is 0 Å². The molecule has 0 radical (unpaired) electrons. The number of aromatic nitrogens is 1. The van der Waals surface area contributed by atoms with Crippen molar-refractivity contribution in [3.63, 3.8) is 0 Å². The Kier molecular flexibility index (Phi) is 6.71. The van der Waals surface area contributed by atoms with E-state index in [1.807, 2.05) is 11.9 Å². The molecule has 0 N–H and O–H groups in total. The molecule has 1 saturated heterocycles. The second kappa shape index (κ2) is 9.47. The van der Waals surface area contributed by atoms with Gasteiger partial charge in [0.1, 0.15) is 5.75 Å². The van der Waals surface area contributed by atoms with Gasteiger partial charge in [0.2, 0.25) is 0 Å². The highest BCUT2D eigenvalue weighted by Crippen LogP contribution is 2.42. The first-order valence-corrected chi connectivity index (χ1v) is 12.5. The Hall–Kier alpha value is -2.27. The van der Waals surface area contributed by atoms with Crippen LogP contribution in [0.3, 0.4) is 0 Å². The zero-order valence-electron chi connectivity index (χ0n) is 19.5. The number of nitrogens with zero attached hydrogens (tertiary/aromatic N) is 3. The van der Waals surface area contributed by atoms with Crippen LogP contribution in [0, 0.1) is 0 Å². The van der Waals surface area contributed by atoms with Gasteiger partial charge in [-0.2, -0.15) is 0 Å². The Morgan fingerprint density at radius 2 is 1.77 bits per heavy atom. The van der Waals surface area contributed by atoms with Gasteiger partial charge in [-0.05, 0) is 62.4 Å². The van der Waals surface area contributed by atoms with Crippen molar-refractivity contribution >= 4 is 34.2 Å². The van der Waals surface area contributed by atoms with Gasteiger partial charge < -0.3 is 18.5 Å². The zero-order chi connectivity index (χ0) is 22.0. The molecule has 0 aliphatic carbocycles. The third-order valence-electron chi connectivity index (χ3n) is 6.17.